The molecular weight excluding hydrogens is 366 g/mol. The molecule has 1 aliphatic carbocycles. The molecule has 1 N–H and O–H groups in total. The van der Waals surface area contributed by atoms with Crippen LogP contribution in [-0.4, -0.2) is 25.4 Å². The lowest BCUT2D eigenvalue weighted by Gasteiger charge is -2.34. The zero-order valence-corrected chi connectivity index (χ0v) is 16.7. The van der Waals surface area contributed by atoms with Crippen molar-refractivity contribution in [2.24, 2.45) is 0 Å². The van der Waals surface area contributed by atoms with E-state index in [-0.39, 0.29) is 23.5 Å². The Morgan fingerprint density at radius 3 is 2.48 bits per heavy atom. The average Bonchev–Trinajstić information content (AvgIpc) is 2.73. The van der Waals surface area contributed by atoms with Crippen LogP contribution in [0.15, 0.2) is 59.8 Å². The summed E-state index contributed by atoms with van der Waals surface area (Å²) in [6, 6.07) is 15.5. The number of Topliss-reactive ketones (excluding diaryl/α,β-unsaturated/α-hetero) is 1. The Kier molecular flexibility index (Phi) is 5.38. The van der Waals surface area contributed by atoms with Crippen molar-refractivity contribution in [2.45, 2.75) is 38.0 Å². The molecule has 5 heteroatoms. The van der Waals surface area contributed by atoms with Gasteiger partial charge < -0.3 is 14.8 Å². The fourth-order valence-corrected chi connectivity index (χ4v) is 4.34. The molecule has 0 saturated heterocycles. The van der Waals surface area contributed by atoms with E-state index in [4.69, 9.17) is 9.47 Å². The first-order valence-electron chi connectivity index (χ1n) is 10.0. The number of methoxy groups -OCH3 is 1. The number of ether oxygens (including phenoxy) is 2. The van der Waals surface area contributed by atoms with E-state index < -0.39 is 0 Å². The topological polar surface area (TPSA) is 64.6 Å². The van der Waals surface area contributed by atoms with Gasteiger partial charge in [-0.1, -0.05) is 24.3 Å². The van der Waals surface area contributed by atoms with E-state index in [1.807, 2.05) is 55.5 Å². The number of allylic oxidation sites excluding steroid dienone is 2. The normalized spacial score (nSPS) is 21.4. The largest absolute Gasteiger partial charge is 0.497 e. The van der Waals surface area contributed by atoms with Crippen LogP contribution < -0.4 is 14.8 Å². The predicted octanol–water partition coefficient (Wildman–Crippen LogP) is 4.10. The highest BCUT2D eigenvalue weighted by Crippen LogP contribution is 2.43. The van der Waals surface area contributed by atoms with Crippen molar-refractivity contribution in [1.29, 1.82) is 0 Å². The van der Waals surface area contributed by atoms with Gasteiger partial charge in [0.1, 0.15) is 11.5 Å². The Morgan fingerprint density at radius 2 is 1.76 bits per heavy atom. The molecule has 4 rings (SSSR count). The summed E-state index contributed by atoms with van der Waals surface area (Å²) in [6.45, 7) is 2.54. The molecule has 150 valence electrons. The fraction of sp³-hybridized carbons (Fsp3) is 0.333. The van der Waals surface area contributed by atoms with Crippen molar-refractivity contribution in [3.63, 3.8) is 0 Å². The second-order valence-corrected chi connectivity index (χ2v) is 7.50. The van der Waals surface area contributed by atoms with Crippen LogP contribution >= 0.6 is 0 Å². The van der Waals surface area contributed by atoms with Crippen molar-refractivity contribution in [1.82, 2.24) is 5.32 Å². The average molecular weight is 391 g/mol. The number of amides is 1. The van der Waals surface area contributed by atoms with Crippen molar-refractivity contribution >= 4 is 11.7 Å². The molecule has 1 heterocycles. The first-order chi connectivity index (χ1) is 14.1. The highest BCUT2D eigenvalue weighted by atomic mass is 16.5. The summed E-state index contributed by atoms with van der Waals surface area (Å²) < 4.78 is 10.8. The number of benzene rings is 2. The highest BCUT2D eigenvalue weighted by Gasteiger charge is 2.38. The van der Waals surface area contributed by atoms with E-state index in [9.17, 15) is 9.59 Å². The summed E-state index contributed by atoms with van der Waals surface area (Å²) in [5, 5.41) is 2.97. The maximum atomic E-state index is 13.2. The monoisotopic (exact) mass is 391 g/mol. The van der Waals surface area contributed by atoms with Gasteiger partial charge in [-0.15, -0.1) is 0 Å². The number of hydrogen-bond acceptors (Lipinski definition) is 4. The molecule has 1 amide bonds. The van der Waals surface area contributed by atoms with Gasteiger partial charge in [0.2, 0.25) is 5.91 Å². The SMILES string of the molecule is CCOc1ccc(C2CC(=O)NC3=C2C(=O)CC(c2cccc(OC)c2)C3)cc1. The molecule has 0 fully saturated rings. The molecule has 5 nitrogen and oxygen atoms in total. The van der Waals surface area contributed by atoms with Crippen LogP contribution in [0.3, 0.4) is 0 Å². The third-order valence-corrected chi connectivity index (χ3v) is 5.69. The van der Waals surface area contributed by atoms with Gasteiger partial charge in [-0.2, -0.15) is 0 Å². The molecule has 29 heavy (non-hydrogen) atoms. The Balaban J connectivity index is 1.65. The van der Waals surface area contributed by atoms with E-state index in [0.29, 0.717) is 25.9 Å². The maximum Gasteiger partial charge on any atom is 0.225 e. The van der Waals surface area contributed by atoms with Crippen molar-refractivity contribution in [3.8, 4) is 11.5 Å². The van der Waals surface area contributed by atoms with Crippen molar-refractivity contribution in [2.75, 3.05) is 13.7 Å². The first-order valence-corrected chi connectivity index (χ1v) is 10.0. The van der Waals surface area contributed by atoms with Gasteiger partial charge >= 0.3 is 0 Å². The van der Waals surface area contributed by atoms with Crippen LogP contribution in [0.1, 0.15) is 49.1 Å². The standard InChI is InChI=1S/C24H25NO4/c1-3-29-18-9-7-15(8-10-18)20-14-23(27)25-21-12-17(13-22(26)24(20)21)16-5-4-6-19(11-16)28-2/h4-11,17,20H,3,12-14H2,1-2H3,(H,25,27). The number of hydrogen-bond donors (Lipinski definition) is 1. The highest BCUT2D eigenvalue weighted by molar-refractivity contribution is 6.02. The summed E-state index contributed by atoms with van der Waals surface area (Å²) >= 11 is 0. The van der Waals surface area contributed by atoms with E-state index in [1.165, 1.54) is 0 Å². The lowest BCUT2D eigenvalue weighted by atomic mass is 9.73. The van der Waals surface area contributed by atoms with E-state index >= 15 is 0 Å². The summed E-state index contributed by atoms with van der Waals surface area (Å²) in [6.07, 6.45) is 1.38. The van der Waals surface area contributed by atoms with E-state index in [0.717, 1.165) is 33.9 Å². The molecule has 2 aromatic rings. The van der Waals surface area contributed by atoms with Crippen LogP contribution in [0.5, 0.6) is 11.5 Å². The van der Waals surface area contributed by atoms with Gasteiger partial charge in [-0.3, -0.25) is 9.59 Å². The lowest BCUT2D eigenvalue weighted by molar-refractivity contribution is -0.122. The second kappa shape index (κ2) is 8.11. The number of ketones is 1. The Morgan fingerprint density at radius 1 is 0.966 bits per heavy atom. The molecule has 0 aromatic heterocycles. The third-order valence-electron chi connectivity index (χ3n) is 5.69. The predicted molar refractivity (Wildman–Crippen MR) is 110 cm³/mol. The van der Waals surface area contributed by atoms with Crippen molar-refractivity contribution in [3.05, 3.63) is 70.9 Å². The van der Waals surface area contributed by atoms with Gasteiger partial charge in [-0.05, 0) is 54.7 Å². The first kappa shape index (κ1) is 19.2. The molecule has 0 radical (unpaired) electrons. The smallest absolute Gasteiger partial charge is 0.225 e. The van der Waals surface area contributed by atoms with Gasteiger partial charge in [-0.25, -0.2) is 0 Å². The molecule has 2 unspecified atom stereocenters. The van der Waals surface area contributed by atoms with Gasteiger partial charge in [0.25, 0.3) is 0 Å². The molecule has 2 atom stereocenters. The zero-order chi connectivity index (χ0) is 20.4. The minimum Gasteiger partial charge on any atom is -0.497 e. The van der Waals surface area contributed by atoms with Crippen LogP contribution in [0.25, 0.3) is 0 Å². The summed E-state index contributed by atoms with van der Waals surface area (Å²) in [4.78, 5) is 25.6. The number of nitrogens with one attached hydrogen (secondary N) is 1. The molecule has 0 saturated carbocycles. The quantitative estimate of drug-likeness (QED) is 0.834. The summed E-state index contributed by atoms with van der Waals surface area (Å²) in [5.41, 5.74) is 3.56. The Bertz CT molecular complexity index is 961. The molecule has 1 aliphatic heterocycles. The second-order valence-electron chi connectivity index (χ2n) is 7.50. The number of carbonyl (C=O) groups excluding carboxylic acids is 2. The molecule has 0 spiro atoms. The third kappa shape index (κ3) is 3.90. The van der Waals surface area contributed by atoms with Gasteiger partial charge in [0.15, 0.2) is 5.78 Å². The van der Waals surface area contributed by atoms with Crippen LogP contribution in [0, 0.1) is 0 Å². The molecular formula is C24H25NO4. The van der Waals surface area contributed by atoms with Gasteiger partial charge in [0, 0.05) is 30.0 Å². The minimum absolute atomic E-state index is 0.0377. The Hall–Kier alpha value is -3.08. The van der Waals surface area contributed by atoms with E-state index in [2.05, 4.69) is 5.32 Å². The van der Waals surface area contributed by atoms with Crippen LogP contribution in [0.2, 0.25) is 0 Å². The maximum absolute atomic E-state index is 13.2. The zero-order valence-electron chi connectivity index (χ0n) is 16.7. The fourth-order valence-electron chi connectivity index (χ4n) is 4.34. The molecule has 2 aromatic carbocycles. The van der Waals surface area contributed by atoms with Crippen LogP contribution in [0.4, 0.5) is 0 Å². The number of rotatable bonds is 5. The molecule has 2 aliphatic rings. The Labute approximate surface area is 170 Å². The lowest BCUT2D eigenvalue weighted by Crippen LogP contribution is -2.38. The molecule has 0 bridgehead atoms. The van der Waals surface area contributed by atoms with Crippen LogP contribution in [-0.2, 0) is 9.59 Å². The minimum atomic E-state index is -0.201. The van der Waals surface area contributed by atoms with Crippen molar-refractivity contribution < 1.29 is 19.1 Å². The summed E-state index contributed by atoms with van der Waals surface area (Å²) in [7, 11) is 1.63. The van der Waals surface area contributed by atoms with Gasteiger partial charge in [0.05, 0.1) is 13.7 Å². The summed E-state index contributed by atoms with van der Waals surface area (Å²) in [5.74, 6) is 1.47. The number of carbonyl (C=O) groups is 2. The van der Waals surface area contributed by atoms with E-state index in [1.54, 1.807) is 7.11 Å².